The Labute approximate surface area is 99.3 Å². The maximum atomic E-state index is 5.90. The van der Waals surface area contributed by atoms with Crippen LogP contribution >= 0.6 is 0 Å². The number of rotatable bonds is 4. The summed E-state index contributed by atoms with van der Waals surface area (Å²) in [4.78, 5) is 2.56. The van der Waals surface area contributed by atoms with Crippen LogP contribution in [0.4, 0.5) is 0 Å². The first kappa shape index (κ1) is 12.3. The standard InChI is InChI=1S/C13H26N2O/c1-12-10-15(7-3-9-16-12)8-6-13(11-14)4-2-5-13/h12H,2-11,14H2,1H3. The van der Waals surface area contributed by atoms with Gasteiger partial charge in [0.05, 0.1) is 6.10 Å². The van der Waals surface area contributed by atoms with Crippen molar-refractivity contribution in [3.8, 4) is 0 Å². The average molecular weight is 226 g/mol. The molecule has 2 rings (SSSR count). The van der Waals surface area contributed by atoms with Crippen LogP contribution in [0.3, 0.4) is 0 Å². The topological polar surface area (TPSA) is 38.5 Å². The zero-order valence-electron chi connectivity index (χ0n) is 10.6. The van der Waals surface area contributed by atoms with Crippen LogP contribution in [0.5, 0.6) is 0 Å². The Kier molecular flexibility index (Phi) is 4.22. The Morgan fingerprint density at radius 3 is 2.81 bits per heavy atom. The summed E-state index contributed by atoms with van der Waals surface area (Å²) in [5.74, 6) is 0. The highest BCUT2D eigenvalue weighted by atomic mass is 16.5. The van der Waals surface area contributed by atoms with Gasteiger partial charge in [-0.1, -0.05) is 6.42 Å². The second-order valence-corrected chi connectivity index (χ2v) is 5.64. The fraction of sp³-hybridized carbons (Fsp3) is 1.00. The minimum absolute atomic E-state index is 0.401. The summed E-state index contributed by atoms with van der Waals surface area (Å²) in [6.45, 7) is 7.50. The smallest absolute Gasteiger partial charge is 0.0673 e. The molecule has 1 heterocycles. The summed E-state index contributed by atoms with van der Waals surface area (Å²) < 4.78 is 5.67. The lowest BCUT2D eigenvalue weighted by molar-refractivity contribution is 0.0601. The monoisotopic (exact) mass is 226 g/mol. The molecule has 1 aliphatic heterocycles. The minimum atomic E-state index is 0.401. The highest BCUT2D eigenvalue weighted by molar-refractivity contribution is 4.89. The molecule has 3 nitrogen and oxygen atoms in total. The molecule has 3 heteroatoms. The zero-order valence-corrected chi connectivity index (χ0v) is 10.6. The zero-order chi connectivity index (χ0) is 11.4. The summed E-state index contributed by atoms with van der Waals surface area (Å²) >= 11 is 0. The van der Waals surface area contributed by atoms with Crippen molar-refractivity contribution in [3.63, 3.8) is 0 Å². The molecule has 0 aromatic rings. The van der Waals surface area contributed by atoms with Gasteiger partial charge in [0.1, 0.15) is 0 Å². The first-order valence-electron chi connectivity index (χ1n) is 6.78. The number of ether oxygens (including phenoxy) is 1. The molecule has 0 radical (unpaired) electrons. The Morgan fingerprint density at radius 2 is 2.19 bits per heavy atom. The number of hydrogen-bond donors (Lipinski definition) is 1. The third kappa shape index (κ3) is 2.96. The molecule has 2 N–H and O–H groups in total. The van der Waals surface area contributed by atoms with E-state index in [0.717, 1.165) is 19.7 Å². The molecule has 0 amide bonds. The number of nitrogens with zero attached hydrogens (tertiary/aromatic N) is 1. The van der Waals surface area contributed by atoms with Crippen molar-refractivity contribution in [1.82, 2.24) is 4.90 Å². The molecule has 0 aromatic carbocycles. The van der Waals surface area contributed by atoms with E-state index < -0.39 is 0 Å². The van der Waals surface area contributed by atoms with Crippen LogP contribution in [0.1, 0.15) is 39.0 Å². The van der Waals surface area contributed by atoms with Crippen molar-refractivity contribution in [3.05, 3.63) is 0 Å². The summed E-state index contributed by atoms with van der Waals surface area (Å²) in [6.07, 6.45) is 6.96. The van der Waals surface area contributed by atoms with Gasteiger partial charge < -0.3 is 15.4 Å². The molecular formula is C13H26N2O. The summed E-state index contributed by atoms with van der Waals surface area (Å²) in [6, 6.07) is 0. The van der Waals surface area contributed by atoms with Crippen molar-refractivity contribution in [2.45, 2.75) is 45.1 Å². The summed E-state index contributed by atoms with van der Waals surface area (Å²) in [5.41, 5.74) is 6.40. The highest BCUT2D eigenvalue weighted by Crippen LogP contribution is 2.42. The van der Waals surface area contributed by atoms with Crippen LogP contribution in [-0.4, -0.2) is 43.8 Å². The Balaban J connectivity index is 1.75. The molecule has 2 aliphatic rings. The van der Waals surface area contributed by atoms with Crippen molar-refractivity contribution >= 4 is 0 Å². The Morgan fingerprint density at radius 1 is 1.38 bits per heavy atom. The van der Waals surface area contributed by atoms with E-state index in [2.05, 4.69) is 11.8 Å². The van der Waals surface area contributed by atoms with Crippen LogP contribution in [0.25, 0.3) is 0 Å². The molecule has 0 bridgehead atoms. The van der Waals surface area contributed by atoms with E-state index >= 15 is 0 Å². The van der Waals surface area contributed by atoms with Gasteiger partial charge in [-0.05, 0) is 51.1 Å². The van der Waals surface area contributed by atoms with Gasteiger partial charge in [0.25, 0.3) is 0 Å². The Hall–Kier alpha value is -0.120. The molecule has 1 saturated heterocycles. The van der Waals surface area contributed by atoms with E-state index in [1.54, 1.807) is 0 Å². The number of nitrogens with two attached hydrogens (primary N) is 1. The van der Waals surface area contributed by atoms with Crippen LogP contribution in [0, 0.1) is 5.41 Å². The van der Waals surface area contributed by atoms with Gasteiger partial charge in [-0.2, -0.15) is 0 Å². The van der Waals surface area contributed by atoms with E-state index in [0.29, 0.717) is 11.5 Å². The van der Waals surface area contributed by atoms with Gasteiger partial charge in [0.2, 0.25) is 0 Å². The average Bonchev–Trinajstić information content (AvgIpc) is 2.42. The molecule has 16 heavy (non-hydrogen) atoms. The van der Waals surface area contributed by atoms with E-state index in [9.17, 15) is 0 Å². The van der Waals surface area contributed by atoms with Crippen LogP contribution in [0.2, 0.25) is 0 Å². The molecule has 1 aliphatic carbocycles. The van der Waals surface area contributed by atoms with Gasteiger partial charge in [-0.25, -0.2) is 0 Å². The molecule has 0 spiro atoms. The third-order valence-corrected chi connectivity index (χ3v) is 4.34. The van der Waals surface area contributed by atoms with Gasteiger partial charge in [-0.15, -0.1) is 0 Å². The SMILES string of the molecule is CC1CN(CCC2(CN)CCC2)CCCO1. The van der Waals surface area contributed by atoms with Crippen LogP contribution < -0.4 is 5.73 Å². The van der Waals surface area contributed by atoms with Gasteiger partial charge in [-0.3, -0.25) is 0 Å². The largest absolute Gasteiger partial charge is 0.377 e. The van der Waals surface area contributed by atoms with E-state index in [-0.39, 0.29) is 0 Å². The fourth-order valence-corrected chi connectivity index (χ4v) is 2.91. The van der Waals surface area contributed by atoms with Gasteiger partial charge in [0.15, 0.2) is 0 Å². The third-order valence-electron chi connectivity index (χ3n) is 4.34. The predicted molar refractivity (Wildman–Crippen MR) is 66.4 cm³/mol. The second kappa shape index (κ2) is 5.48. The van der Waals surface area contributed by atoms with Crippen molar-refractivity contribution in [1.29, 1.82) is 0 Å². The van der Waals surface area contributed by atoms with E-state index in [1.807, 2.05) is 0 Å². The normalized spacial score (nSPS) is 30.8. The fourth-order valence-electron chi connectivity index (χ4n) is 2.91. The summed E-state index contributed by atoms with van der Waals surface area (Å²) in [7, 11) is 0. The molecule has 2 fully saturated rings. The summed E-state index contributed by atoms with van der Waals surface area (Å²) in [5, 5.41) is 0. The van der Waals surface area contributed by atoms with E-state index in [1.165, 1.54) is 45.2 Å². The van der Waals surface area contributed by atoms with Crippen LogP contribution in [-0.2, 0) is 4.74 Å². The van der Waals surface area contributed by atoms with E-state index in [4.69, 9.17) is 10.5 Å². The van der Waals surface area contributed by atoms with Crippen molar-refractivity contribution in [2.24, 2.45) is 11.1 Å². The molecule has 1 saturated carbocycles. The lowest BCUT2D eigenvalue weighted by atomic mass is 9.66. The first-order valence-corrected chi connectivity index (χ1v) is 6.78. The predicted octanol–water partition coefficient (Wildman–Crippen LogP) is 1.62. The second-order valence-electron chi connectivity index (χ2n) is 5.64. The quantitative estimate of drug-likeness (QED) is 0.791. The van der Waals surface area contributed by atoms with Gasteiger partial charge >= 0.3 is 0 Å². The maximum Gasteiger partial charge on any atom is 0.0673 e. The number of hydrogen-bond acceptors (Lipinski definition) is 3. The lowest BCUT2D eigenvalue weighted by Crippen LogP contribution is -2.41. The first-order chi connectivity index (χ1) is 7.74. The highest BCUT2D eigenvalue weighted by Gasteiger charge is 2.35. The lowest BCUT2D eigenvalue weighted by Gasteiger charge is -2.42. The van der Waals surface area contributed by atoms with Gasteiger partial charge in [0, 0.05) is 19.7 Å². The molecule has 94 valence electrons. The minimum Gasteiger partial charge on any atom is -0.377 e. The molecule has 0 aromatic heterocycles. The van der Waals surface area contributed by atoms with Crippen molar-refractivity contribution < 1.29 is 4.74 Å². The molecule has 1 atom stereocenters. The van der Waals surface area contributed by atoms with Crippen LogP contribution in [0.15, 0.2) is 0 Å². The van der Waals surface area contributed by atoms with Crippen molar-refractivity contribution in [2.75, 3.05) is 32.8 Å². The molecule has 1 unspecified atom stereocenters. The maximum absolute atomic E-state index is 5.90. The molecular weight excluding hydrogens is 200 g/mol. The Bertz CT molecular complexity index is 210.